The summed E-state index contributed by atoms with van der Waals surface area (Å²) in [5, 5.41) is 7.88. The molecule has 250 valence electrons. The van der Waals surface area contributed by atoms with Gasteiger partial charge in [0, 0.05) is 9.75 Å². The number of allylic oxidation sites excluding steroid dienone is 5. The molecular formula is C52H36S. The zero-order valence-electron chi connectivity index (χ0n) is 29.3. The predicted molar refractivity (Wildman–Crippen MR) is 227 cm³/mol. The lowest BCUT2D eigenvalue weighted by atomic mass is 9.78. The van der Waals surface area contributed by atoms with Gasteiger partial charge >= 0.3 is 0 Å². The number of benzene rings is 7. The van der Waals surface area contributed by atoms with Gasteiger partial charge in [0.25, 0.3) is 0 Å². The van der Waals surface area contributed by atoms with Crippen molar-refractivity contribution < 1.29 is 0 Å². The van der Waals surface area contributed by atoms with E-state index in [0.717, 1.165) is 11.8 Å². The molecule has 0 aliphatic heterocycles. The fraction of sp³-hybridized carbons (Fsp3) is 0.115. The molecule has 2 fully saturated rings. The van der Waals surface area contributed by atoms with E-state index in [1.165, 1.54) is 111 Å². The Morgan fingerprint density at radius 3 is 1.98 bits per heavy atom. The van der Waals surface area contributed by atoms with Crippen molar-refractivity contribution >= 4 is 55.3 Å². The van der Waals surface area contributed by atoms with Crippen molar-refractivity contribution in [1.82, 2.24) is 0 Å². The first-order valence-corrected chi connectivity index (χ1v) is 20.0. The minimum atomic E-state index is 0.552. The van der Waals surface area contributed by atoms with Crippen LogP contribution >= 0.6 is 11.3 Å². The molecule has 0 saturated heterocycles. The molecule has 1 heteroatoms. The maximum absolute atomic E-state index is 2.49. The molecule has 53 heavy (non-hydrogen) atoms. The van der Waals surface area contributed by atoms with E-state index in [2.05, 4.69) is 170 Å². The van der Waals surface area contributed by atoms with Gasteiger partial charge in [0.05, 0.1) is 0 Å². The SMILES string of the molecule is C1=CC2CC2C=C1c1ccc(-c2cccc(-c3c4c(c(-c5ccc(-c6cccc7ccccc67)c6ccccc56)c5ccccc35)C3CC3C=C4)c2)s1. The second kappa shape index (κ2) is 11.4. The second-order valence-electron chi connectivity index (χ2n) is 15.5. The standard InChI is InChI=1S/C52H36S/c1-2-13-38-31(9-1)10-8-18-39(38)42-23-24-45(41-15-4-3-14-40(41)42)51-44-17-6-5-16-43(44)50(46-22-21-33-30-47(33)52(46)51)36-12-7-11-34(28-36)48-25-26-49(53-48)35-20-19-32-27-37(32)29-35/h1-26,28-29,32-33,37,47H,27,30H2. The van der Waals surface area contributed by atoms with E-state index in [9.17, 15) is 0 Å². The molecule has 0 N–H and O–H groups in total. The summed E-state index contributed by atoms with van der Waals surface area (Å²) in [5.41, 5.74) is 13.6. The van der Waals surface area contributed by atoms with Crippen LogP contribution in [0, 0.1) is 17.8 Å². The molecule has 0 nitrogen and oxygen atoms in total. The second-order valence-corrected chi connectivity index (χ2v) is 16.6. The summed E-state index contributed by atoms with van der Waals surface area (Å²) in [7, 11) is 0. The van der Waals surface area contributed by atoms with E-state index in [0.29, 0.717) is 11.8 Å². The van der Waals surface area contributed by atoms with Gasteiger partial charge in [0.15, 0.2) is 0 Å². The summed E-state index contributed by atoms with van der Waals surface area (Å²) in [6.07, 6.45) is 14.8. The third-order valence-electron chi connectivity index (χ3n) is 12.4. The highest BCUT2D eigenvalue weighted by Gasteiger charge is 2.43. The maximum atomic E-state index is 2.49. The number of fused-ring (bicyclic) bond motifs is 7. The Bertz CT molecular complexity index is 2920. The van der Waals surface area contributed by atoms with Gasteiger partial charge in [0.2, 0.25) is 0 Å². The number of hydrogen-bond donors (Lipinski definition) is 0. The number of rotatable bonds is 5. The van der Waals surface area contributed by atoms with Crippen LogP contribution in [0.1, 0.15) is 34.8 Å². The van der Waals surface area contributed by atoms with Crippen LogP contribution in [0.15, 0.2) is 164 Å². The molecule has 4 aliphatic rings. The Kier molecular flexibility index (Phi) is 6.39. The zero-order valence-corrected chi connectivity index (χ0v) is 30.1. The summed E-state index contributed by atoms with van der Waals surface area (Å²) in [5.74, 6) is 2.72. The Hall–Kier alpha value is -5.76. The van der Waals surface area contributed by atoms with Gasteiger partial charge in [-0.05, 0) is 143 Å². The molecule has 1 heterocycles. The lowest BCUT2D eigenvalue weighted by Crippen LogP contribution is -2.02. The Labute approximate surface area is 314 Å². The molecule has 1 aromatic heterocycles. The minimum absolute atomic E-state index is 0.552. The van der Waals surface area contributed by atoms with Crippen LogP contribution in [-0.4, -0.2) is 0 Å². The van der Waals surface area contributed by atoms with Gasteiger partial charge in [-0.25, -0.2) is 0 Å². The fourth-order valence-electron chi connectivity index (χ4n) is 9.63. The van der Waals surface area contributed by atoms with Gasteiger partial charge in [-0.1, -0.05) is 152 Å². The molecule has 7 aromatic carbocycles. The molecule has 2 saturated carbocycles. The van der Waals surface area contributed by atoms with Crippen LogP contribution in [-0.2, 0) is 0 Å². The molecule has 0 radical (unpaired) electrons. The van der Waals surface area contributed by atoms with Gasteiger partial charge < -0.3 is 0 Å². The first-order valence-electron chi connectivity index (χ1n) is 19.1. The first kappa shape index (κ1) is 29.8. The third kappa shape index (κ3) is 4.67. The summed E-state index contributed by atoms with van der Waals surface area (Å²) in [6.45, 7) is 0. The Morgan fingerprint density at radius 1 is 0.453 bits per heavy atom. The lowest BCUT2D eigenvalue weighted by Gasteiger charge is -2.25. The van der Waals surface area contributed by atoms with Crippen molar-refractivity contribution in [1.29, 1.82) is 0 Å². The van der Waals surface area contributed by atoms with Crippen molar-refractivity contribution in [3.05, 3.63) is 180 Å². The molecule has 0 bridgehead atoms. The molecule has 0 spiro atoms. The van der Waals surface area contributed by atoms with Crippen LogP contribution in [0.2, 0.25) is 0 Å². The van der Waals surface area contributed by atoms with E-state index in [1.54, 1.807) is 0 Å². The molecule has 4 atom stereocenters. The summed E-state index contributed by atoms with van der Waals surface area (Å²) >= 11 is 1.92. The highest BCUT2D eigenvalue weighted by atomic mass is 32.1. The topological polar surface area (TPSA) is 0 Å². The molecular weight excluding hydrogens is 657 g/mol. The molecule has 4 unspecified atom stereocenters. The van der Waals surface area contributed by atoms with Gasteiger partial charge in [-0.15, -0.1) is 11.3 Å². The van der Waals surface area contributed by atoms with Crippen molar-refractivity contribution in [3.63, 3.8) is 0 Å². The Balaban J connectivity index is 1.05. The van der Waals surface area contributed by atoms with Crippen LogP contribution in [0.4, 0.5) is 0 Å². The smallest absolute Gasteiger partial charge is 0.0349 e. The lowest BCUT2D eigenvalue weighted by molar-refractivity contribution is 0.985. The van der Waals surface area contributed by atoms with E-state index in [4.69, 9.17) is 0 Å². The van der Waals surface area contributed by atoms with Crippen LogP contribution in [0.25, 0.3) is 87.8 Å². The van der Waals surface area contributed by atoms with Gasteiger partial charge in [-0.2, -0.15) is 0 Å². The first-order chi connectivity index (χ1) is 26.3. The molecule has 8 aromatic rings. The fourth-order valence-corrected chi connectivity index (χ4v) is 10.6. The van der Waals surface area contributed by atoms with E-state index >= 15 is 0 Å². The van der Waals surface area contributed by atoms with Gasteiger partial charge in [-0.3, -0.25) is 0 Å². The van der Waals surface area contributed by atoms with E-state index in [1.807, 2.05) is 11.3 Å². The van der Waals surface area contributed by atoms with E-state index in [-0.39, 0.29) is 0 Å². The van der Waals surface area contributed by atoms with Crippen molar-refractivity contribution in [2.24, 2.45) is 17.8 Å². The maximum Gasteiger partial charge on any atom is 0.0349 e. The normalized spacial score (nSPS) is 20.6. The van der Waals surface area contributed by atoms with Gasteiger partial charge in [0.1, 0.15) is 0 Å². The largest absolute Gasteiger partial charge is 0.135 e. The molecule has 4 aliphatic carbocycles. The number of thiophene rings is 1. The summed E-state index contributed by atoms with van der Waals surface area (Å²) in [4.78, 5) is 2.71. The average molecular weight is 693 g/mol. The third-order valence-corrected chi connectivity index (χ3v) is 13.6. The van der Waals surface area contributed by atoms with Crippen LogP contribution in [0.3, 0.4) is 0 Å². The van der Waals surface area contributed by atoms with Crippen LogP contribution < -0.4 is 0 Å². The molecule has 12 rings (SSSR count). The van der Waals surface area contributed by atoms with Crippen molar-refractivity contribution in [2.75, 3.05) is 0 Å². The van der Waals surface area contributed by atoms with Crippen molar-refractivity contribution in [3.8, 4) is 43.8 Å². The highest BCUT2D eigenvalue weighted by Crippen LogP contribution is 2.59. The van der Waals surface area contributed by atoms with Crippen molar-refractivity contribution in [2.45, 2.75) is 18.8 Å². The zero-order chi connectivity index (χ0) is 34.6. The highest BCUT2D eigenvalue weighted by molar-refractivity contribution is 7.16. The van der Waals surface area contributed by atoms with Crippen LogP contribution in [0.5, 0.6) is 0 Å². The Morgan fingerprint density at radius 2 is 1.11 bits per heavy atom. The quantitative estimate of drug-likeness (QED) is 0.168. The summed E-state index contributed by atoms with van der Waals surface area (Å²) < 4.78 is 0. The monoisotopic (exact) mass is 692 g/mol. The molecule has 0 amide bonds. The average Bonchev–Trinajstić information content (AvgIpc) is 4.14. The minimum Gasteiger partial charge on any atom is -0.135 e. The van der Waals surface area contributed by atoms with E-state index < -0.39 is 0 Å². The predicted octanol–water partition coefficient (Wildman–Crippen LogP) is 14.6. The summed E-state index contributed by atoms with van der Waals surface area (Å²) in [6, 6.07) is 52.5. The number of hydrogen-bond acceptors (Lipinski definition) is 1.